The van der Waals surface area contributed by atoms with Crippen molar-refractivity contribution >= 4 is 81.3 Å². The number of anilines is 2. The molecule has 6 fully saturated rings. The summed E-state index contributed by atoms with van der Waals surface area (Å²) in [6.45, 7) is 10.1. The SMILES string of the molecule is CC1(C)CCC2(CC1)C[C@@H](C(=O)C[C@@H]1CC[C@@H](c3nnco3)OC1)[C@H](c1ccnc(Cl)c1)[C@]21C(=O)Nc2cc(Cl)ccc21.CC1(C)CCC2(CC1)C[C@@H](C(=O)O)[C@H](c1ccnc(Cl)c1)C21C(=O)Nc2cc(Cl)ccc21.N[C@@H]1CC[C@@H](c2nnco2)OC1. The zero-order valence-corrected chi connectivity index (χ0v) is 52.2. The number of pyridine rings is 2. The number of aliphatic carboxylic acids is 1. The van der Waals surface area contributed by atoms with Gasteiger partial charge in [0.25, 0.3) is 0 Å². The molecule has 87 heavy (non-hydrogen) atoms. The molecule has 4 aromatic heterocycles. The number of rotatable bonds is 8. The van der Waals surface area contributed by atoms with Crippen molar-refractivity contribution in [2.75, 3.05) is 23.8 Å². The highest BCUT2D eigenvalue weighted by molar-refractivity contribution is 6.32. The first kappa shape index (κ1) is 61.4. The Hall–Kier alpha value is -5.86. The molecule has 0 radical (unpaired) electrons. The number of Topliss-reactive ketones (excluding diaryl/α,β-unsaturated/α-hetero) is 1. The predicted octanol–water partition coefficient (Wildman–Crippen LogP) is 13.8. The number of hydrogen-bond acceptors (Lipinski definition) is 15. The fourth-order valence-electron chi connectivity index (χ4n) is 16.9. The van der Waals surface area contributed by atoms with Gasteiger partial charge in [-0.3, -0.25) is 19.2 Å². The molecule has 2 amide bonds. The number of benzene rings is 2. The van der Waals surface area contributed by atoms with Gasteiger partial charge >= 0.3 is 5.97 Å². The van der Waals surface area contributed by atoms with Gasteiger partial charge in [-0.1, -0.05) is 86.2 Å². The molecular weight excluding hydrogens is 1190 g/mol. The third-order valence-corrected chi connectivity index (χ3v) is 22.1. The van der Waals surface area contributed by atoms with Crippen LogP contribution in [0.4, 0.5) is 11.4 Å². The van der Waals surface area contributed by atoms with Crippen LogP contribution in [0.25, 0.3) is 0 Å². The molecule has 4 saturated carbocycles. The highest BCUT2D eigenvalue weighted by atomic mass is 35.5. The second-order valence-corrected chi connectivity index (χ2v) is 28.8. The van der Waals surface area contributed by atoms with E-state index in [2.05, 4.69) is 68.7 Å². The van der Waals surface area contributed by atoms with Crippen molar-refractivity contribution < 1.29 is 42.6 Å². The van der Waals surface area contributed by atoms with E-state index in [-0.39, 0.29) is 64.4 Å². The van der Waals surface area contributed by atoms with Crippen molar-refractivity contribution in [1.29, 1.82) is 0 Å². The molecule has 22 heteroatoms. The summed E-state index contributed by atoms with van der Waals surface area (Å²) >= 11 is 25.4. The number of aromatic nitrogens is 6. The van der Waals surface area contributed by atoms with Crippen LogP contribution in [0.5, 0.6) is 0 Å². The standard InChI is InChI=1S/C33H36Cl2N4O4.C25H26Cl2N2O3.C7H11N3O2/c1-31(2)8-10-32(11-9-31)16-22(25(40)13-19-3-6-26(42-17-19)29-39-37-18-43-29)28(20-7-12-36-27(35)14-20)33(32)23-5-4-21(34)15-24(23)38-30(33)41;1-23(2)6-8-24(9-7-23)13-16(21(30)31)20(14-5-10-28-19(27)11-14)25(24)17-4-3-15(26)12-18(17)29-22(25)32;8-5-1-2-6(11-3-5)7-10-9-4-12-7/h4-5,7,12,14-15,18-19,22,26,28H,3,6,8-11,13,16-17H2,1-2H3,(H,38,41);3-5,10-12,16,20H,6-9,13H2,1-2H3,(H,29,32)(H,30,31);4-6H,1-3,8H2/t19-,22-,26-,28-,33+;16-,20+,25?;5-,6+/m011/s1. The average Bonchev–Trinajstić information content (AvgIpc) is 1.54. The smallest absolute Gasteiger partial charge is 0.307 e. The lowest BCUT2D eigenvalue weighted by molar-refractivity contribution is -0.142. The Morgan fingerprint density at radius 1 is 0.609 bits per heavy atom. The fourth-order valence-corrected chi connectivity index (χ4v) is 17.6. The normalized spacial score (nSPS) is 30.4. The first-order valence-corrected chi connectivity index (χ1v) is 31.8. The van der Waals surface area contributed by atoms with E-state index < -0.39 is 39.5 Å². The minimum Gasteiger partial charge on any atom is -0.481 e. The molecule has 8 aliphatic rings. The molecule has 6 aromatic rings. The van der Waals surface area contributed by atoms with Crippen LogP contribution in [-0.2, 0) is 39.5 Å². The highest BCUT2D eigenvalue weighted by Crippen LogP contribution is 2.74. The number of carbonyl (C=O) groups excluding carboxylic acids is 3. The van der Waals surface area contributed by atoms with Gasteiger partial charge in [-0.15, -0.1) is 20.4 Å². The zero-order chi connectivity index (χ0) is 61.3. The zero-order valence-electron chi connectivity index (χ0n) is 49.2. The second-order valence-electron chi connectivity index (χ2n) is 27.2. The molecular formula is C65H73Cl4N9O9. The van der Waals surface area contributed by atoms with E-state index in [0.29, 0.717) is 76.7 Å². The molecule has 1 unspecified atom stereocenters. The van der Waals surface area contributed by atoms with E-state index >= 15 is 0 Å². The summed E-state index contributed by atoms with van der Waals surface area (Å²) in [4.78, 5) is 64.2. The fraction of sp³-hybridized carbons (Fsp3) is 0.538. The number of nitrogens with one attached hydrogen (secondary N) is 2. The Labute approximate surface area is 525 Å². The van der Waals surface area contributed by atoms with E-state index in [4.69, 9.17) is 70.4 Å². The molecule has 8 heterocycles. The summed E-state index contributed by atoms with van der Waals surface area (Å²) in [5.74, 6) is -1.76. The number of amides is 2. The van der Waals surface area contributed by atoms with Crippen molar-refractivity contribution in [3.8, 4) is 0 Å². The van der Waals surface area contributed by atoms with Crippen LogP contribution in [0.2, 0.25) is 20.4 Å². The maximum atomic E-state index is 14.6. The molecule has 18 nitrogen and oxygen atoms in total. The van der Waals surface area contributed by atoms with E-state index in [9.17, 15) is 24.3 Å². The maximum absolute atomic E-state index is 14.6. The Kier molecular flexibility index (Phi) is 16.8. The minimum absolute atomic E-state index is 0.0406. The Bertz CT molecular complexity index is 3530. The summed E-state index contributed by atoms with van der Waals surface area (Å²) < 4.78 is 21.9. The lowest BCUT2D eigenvalue weighted by atomic mass is 9.51. The van der Waals surface area contributed by atoms with Crippen LogP contribution in [0.1, 0.15) is 182 Å². The number of nitrogens with zero attached hydrogens (tertiary/aromatic N) is 6. The van der Waals surface area contributed by atoms with Crippen LogP contribution in [0, 0.1) is 39.4 Å². The molecule has 4 aliphatic heterocycles. The predicted molar refractivity (Wildman–Crippen MR) is 326 cm³/mol. The van der Waals surface area contributed by atoms with E-state index in [0.717, 1.165) is 98.6 Å². The summed E-state index contributed by atoms with van der Waals surface area (Å²) in [6.07, 6.45) is 17.7. The molecule has 0 bridgehead atoms. The Morgan fingerprint density at radius 2 is 1.07 bits per heavy atom. The molecule has 10 atom stereocenters. The highest BCUT2D eigenvalue weighted by Gasteiger charge is 2.74. The number of carboxylic acids is 1. The monoisotopic (exact) mass is 1260 g/mol. The topological polar surface area (TPSA) is 261 Å². The Morgan fingerprint density at radius 3 is 1.48 bits per heavy atom. The third-order valence-electron chi connectivity index (χ3n) is 21.2. The number of hydrogen-bond donors (Lipinski definition) is 4. The minimum atomic E-state index is -1.00. The summed E-state index contributed by atoms with van der Waals surface area (Å²) in [7, 11) is 0. The summed E-state index contributed by atoms with van der Waals surface area (Å²) in [6, 6.07) is 18.7. The first-order chi connectivity index (χ1) is 41.6. The van der Waals surface area contributed by atoms with Crippen molar-refractivity contribution in [3.05, 3.63) is 140 Å². The third kappa shape index (κ3) is 11.1. The van der Waals surface area contributed by atoms with Gasteiger partial charge in [0, 0.05) is 64.0 Å². The number of halogens is 4. The largest absolute Gasteiger partial charge is 0.481 e. The summed E-state index contributed by atoms with van der Waals surface area (Å²) in [5.41, 5.74) is 8.07. The molecule has 4 spiro atoms. The van der Waals surface area contributed by atoms with Gasteiger partial charge in [-0.25, -0.2) is 9.97 Å². The second kappa shape index (κ2) is 23.8. The van der Waals surface area contributed by atoms with Crippen molar-refractivity contribution in [1.82, 2.24) is 30.4 Å². The number of ketones is 1. The molecule has 5 N–H and O–H groups in total. The average molecular weight is 1270 g/mol. The molecule has 2 saturated heterocycles. The van der Waals surface area contributed by atoms with Gasteiger partial charge in [-0.2, -0.15) is 0 Å². The lowest BCUT2D eigenvalue weighted by Gasteiger charge is -2.51. The number of carbonyl (C=O) groups is 4. The molecule has 4 aliphatic carbocycles. The van der Waals surface area contributed by atoms with Gasteiger partial charge in [-0.05, 0) is 188 Å². The van der Waals surface area contributed by atoms with Crippen molar-refractivity contribution in [2.45, 2.75) is 165 Å². The van der Waals surface area contributed by atoms with Crippen LogP contribution in [0.3, 0.4) is 0 Å². The van der Waals surface area contributed by atoms with Crippen LogP contribution in [-0.4, -0.2) is 78.3 Å². The summed E-state index contributed by atoms with van der Waals surface area (Å²) in [5, 5.41) is 33.5. The van der Waals surface area contributed by atoms with E-state index in [1.807, 2.05) is 36.4 Å². The lowest BCUT2D eigenvalue weighted by Crippen LogP contribution is -2.52. The number of nitrogens with two attached hydrogens (primary N) is 1. The van der Waals surface area contributed by atoms with Crippen molar-refractivity contribution in [2.24, 2.45) is 45.1 Å². The van der Waals surface area contributed by atoms with Crippen LogP contribution >= 0.6 is 46.4 Å². The van der Waals surface area contributed by atoms with Gasteiger partial charge in [0.05, 0.1) is 30.0 Å². The number of ether oxygens (including phenoxy) is 2. The van der Waals surface area contributed by atoms with Crippen molar-refractivity contribution in [3.63, 3.8) is 0 Å². The van der Waals surface area contributed by atoms with Gasteiger partial charge in [0.15, 0.2) is 0 Å². The number of fused-ring (bicyclic) bond motifs is 6. The van der Waals surface area contributed by atoms with Gasteiger partial charge < -0.3 is 39.8 Å². The quantitative estimate of drug-likeness (QED) is 0.103. The first-order valence-electron chi connectivity index (χ1n) is 30.3. The Balaban J connectivity index is 0.000000146. The number of carboxylic acid groups (broad SMARTS) is 1. The van der Waals surface area contributed by atoms with Crippen LogP contribution in [0.15, 0.2) is 94.7 Å². The van der Waals surface area contributed by atoms with E-state index in [1.165, 1.54) is 12.8 Å². The van der Waals surface area contributed by atoms with Crippen LogP contribution < -0.4 is 16.4 Å². The molecule has 460 valence electrons. The van der Waals surface area contributed by atoms with E-state index in [1.54, 1.807) is 36.7 Å². The molecule has 14 rings (SSSR count). The van der Waals surface area contributed by atoms with Gasteiger partial charge in [0.2, 0.25) is 36.4 Å². The maximum Gasteiger partial charge on any atom is 0.307 e. The van der Waals surface area contributed by atoms with Gasteiger partial charge in [0.1, 0.15) is 28.3 Å². The molecule has 2 aromatic carbocycles.